The summed E-state index contributed by atoms with van der Waals surface area (Å²) in [6, 6.07) is 10.5. The molecule has 0 radical (unpaired) electrons. The number of carbonyl (C=O) groups is 1. The number of aromatic nitrogens is 3. The zero-order chi connectivity index (χ0) is 17.4. The molecule has 1 aliphatic rings. The minimum absolute atomic E-state index is 0.00348. The first-order valence-electron chi connectivity index (χ1n) is 9.07. The van der Waals surface area contributed by atoms with Gasteiger partial charge in [0, 0.05) is 29.7 Å². The van der Waals surface area contributed by atoms with Gasteiger partial charge < -0.3 is 9.88 Å². The Morgan fingerprint density at radius 3 is 2.88 bits per heavy atom. The number of nitrogens with one attached hydrogen (secondary N) is 1. The monoisotopic (exact) mass is 336 g/mol. The van der Waals surface area contributed by atoms with E-state index in [1.165, 1.54) is 18.4 Å². The number of hydrogen-bond acceptors (Lipinski definition) is 2. The lowest BCUT2D eigenvalue weighted by Gasteiger charge is -2.15. The van der Waals surface area contributed by atoms with Gasteiger partial charge in [-0.1, -0.05) is 18.2 Å². The number of nitrogens with zero attached hydrogens (tertiary/aromatic N) is 3. The topological polar surface area (TPSA) is 51.9 Å². The van der Waals surface area contributed by atoms with Crippen molar-refractivity contribution in [2.75, 3.05) is 5.32 Å². The van der Waals surface area contributed by atoms with Crippen molar-refractivity contribution < 1.29 is 4.79 Å². The molecule has 1 saturated carbocycles. The summed E-state index contributed by atoms with van der Waals surface area (Å²) in [6.45, 7) is 5.19. The molecule has 0 aliphatic heterocycles. The highest BCUT2D eigenvalue weighted by Crippen LogP contribution is 2.40. The zero-order valence-electron chi connectivity index (χ0n) is 14.8. The molecule has 1 fully saturated rings. The molecular weight excluding hydrogens is 312 g/mol. The van der Waals surface area contributed by atoms with Crippen molar-refractivity contribution >= 4 is 22.6 Å². The van der Waals surface area contributed by atoms with E-state index in [9.17, 15) is 4.79 Å². The quantitative estimate of drug-likeness (QED) is 0.739. The molecular formula is C20H24N4O. The summed E-state index contributed by atoms with van der Waals surface area (Å²) in [7, 11) is 0. The van der Waals surface area contributed by atoms with Crippen molar-refractivity contribution in [1.82, 2.24) is 14.3 Å². The van der Waals surface area contributed by atoms with Gasteiger partial charge in [-0.25, -0.2) is 4.68 Å². The molecule has 1 atom stereocenters. The Morgan fingerprint density at radius 1 is 1.32 bits per heavy atom. The van der Waals surface area contributed by atoms with E-state index in [0.29, 0.717) is 18.4 Å². The molecule has 2 heterocycles. The Labute approximate surface area is 147 Å². The molecule has 4 rings (SSSR count). The van der Waals surface area contributed by atoms with Gasteiger partial charge in [0.15, 0.2) is 0 Å². The van der Waals surface area contributed by atoms with Gasteiger partial charge in [0.1, 0.15) is 5.82 Å². The van der Waals surface area contributed by atoms with Crippen LogP contribution in [0.1, 0.15) is 38.3 Å². The van der Waals surface area contributed by atoms with Crippen LogP contribution in [0.4, 0.5) is 5.82 Å². The number of anilines is 1. The van der Waals surface area contributed by atoms with Crippen LogP contribution in [0, 0.1) is 5.92 Å². The normalized spacial score (nSPS) is 15.4. The van der Waals surface area contributed by atoms with Gasteiger partial charge in [-0.15, -0.1) is 0 Å². The summed E-state index contributed by atoms with van der Waals surface area (Å²) in [4.78, 5) is 12.6. The number of amides is 1. The molecule has 5 heteroatoms. The SMILES string of the molecule is CCn1cc(CC(=O)Nc2ccnn2C(C)C2CC2)c2ccccc21. The maximum atomic E-state index is 12.6. The largest absolute Gasteiger partial charge is 0.347 e. The molecule has 0 saturated heterocycles. The van der Waals surface area contributed by atoms with E-state index in [1.807, 2.05) is 22.9 Å². The van der Waals surface area contributed by atoms with Gasteiger partial charge in [-0.2, -0.15) is 5.10 Å². The highest BCUT2D eigenvalue weighted by molar-refractivity contribution is 5.95. The smallest absolute Gasteiger partial charge is 0.230 e. The Balaban J connectivity index is 1.53. The zero-order valence-corrected chi connectivity index (χ0v) is 14.8. The number of hydrogen-bond donors (Lipinski definition) is 1. The van der Waals surface area contributed by atoms with Crippen LogP contribution < -0.4 is 5.32 Å². The highest BCUT2D eigenvalue weighted by Gasteiger charge is 2.30. The molecule has 5 nitrogen and oxygen atoms in total. The van der Waals surface area contributed by atoms with E-state index in [-0.39, 0.29) is 5.91 Å². The molecule has 1 N–H and O–H groups in total. The molecule has 1 unspecified atom stereocenters. The first-order chi connectivity index (χ1) is 12.2. The molecule has 0 spiro atoms. The van der Waals surface area contributed by atoms with Crippen molar-refractivity contribution in [2.24, 2.45) is 5.92 Å². The summed E-state index contributed by atoms with van der Waals surface area (Å²) in [5, 5.41) is 8.60. The van der Waals surface area contributed by atoms with Crippen LogP contribution in [0.5, 0.6) is 0 Å². The van der Waals surface area contributed by atoms with Gasteiger partial charge in [0.05, 0.1) is 18.7 Å². The molecule has 1 aliphatic carbocycles. The van der Waals surface area contributed by atoms with Crippen LogP contribution in [-0.4, -0.2) is 20.3 Å². The fourth-order valence-corrected chi connectivity index (χ4v) is 3.60. The standard InChI is InChI=1S/C20H24N4O/c1-3-23-13-16(17-6-4-5-7-18(17)23)12-20(25)22-19-10-11-21-24(19)14(2)15-8-9-15/h4-7,10-11,13-15H,3,8-9,12H2,1-2H3,(H,22,25). The number of benzene rings is 1. The van der Waals surface area contributed by atoms with Crippen LogP contribution in [0.3, 0.4) is 0 Å². The van der Waals surface area contributed by atoms with Gasteiger partial charge in [-0.05, 0) is 44.2 Å². The predicted molar refractivity (Wildman–Crippen MR) is 99.6 cm³/mol. The third kappa shape index (κ3) is 3.06. The molecule has 1 amide bonds. The third-order valence-corrected chi connectivity index (χ3v) is 5.19. The van der Waals surface area contributed by atoms with Crippen LogP contribution in [0.25, 0.3) is 10.9 Å². The third-order valence-electron chi connectivity index (χ3n) is 5.19. The highest BCUT2D eigenvalue weighted by atomic mass is 16.1. The van der Waals surface area contributed by atoms with Crippen LogP contribution in [0.2, 0.25) is 0 Å². The Kier molecular flexibility index (Phi) is 4.07. The van der Waals surface area contributed by atoms with Gasteiger partial charge in [0.2, 0.25) is 5.91 Å². The molecule has 1 aromatic carbocycles. The lowest BCUT2D eigenvalue weighted by atomic mass is 10.1. The average molecular weight is 336 g/mol. The summed E-state index contributed by atoms with van der Waals surface area (Å²) in [5.41, 5.74) is 2.25. The summed E-state index contributed by atoms with van der Waals surface area (Å²) < 4.78 is 4.14. The average Bonchev–Trinajstić information content (AvgIpc) is 3.28. The Hall–Kier alpha value is -2.56. The summed E-state index contributed by atoms with van der Waals surface area (Å²) >= 11 is 0. The van der Waals surface area contributed by atoms with Crippen LogP contribution >= 0.6 is 0 Å². The van der Waals surface area contributed by atoms with E-state index in [0.717, 1.165) is 23.3 Å². The van der Waals surface area contributed by atoms with Crippen LogP contribution in [0.15, 0.2) is 42.7 Å². The van der Waals surface area contributed by atoms with Crippen molar-refractivity contribution in [3.63, 3.8) is 0 Å². The second-order valence-corrected chi connectivity index (χ2v) is 6.92. The van der Waals surface area contributed by atoms with Crippen molar-refractivity contribution in [2.45, 2.75) is 45.7 Å². The number of aryl methyl sites for hydroxylation is 1. The number of rotatable bonds is 6. The number of carbonyl (C=O) groups excluding carboxylic acids is 1. The van der Waals surface area contributed by atoms with Crippen molar-refractivity contribution in [3.05, 3.63) is 48.3 Å². The molecule has 2 aromatic heterocycles. The van der Waals surface area contributed by atoms with E-state index < -0.39 is 0 Å². The van der Waals surface area contributed by atoms with Crippen molar-refractivity contribution in [1.29, 1.82) is 0 Å². The molecule has 3 aromatic rings. The first kappa shape index (κ1) is 15.9. The fraction of sp³-hybridized carbons (Fsp3) is 0.400. The molecule has 25 heavy (non-hydrogen) atoms. The van der Waals surface area contributed by atoms with Gasteiger partial charge >= 0.3 is 0 Å². The minimum Gasteiger partial charge on any atom is -0.347 e. The lowest BCUT2D eigenvalue weighted by Crippen LogP contribution is -2.19. The lowest BCUT2D eigenvalue weighted by molar-refractivity contribution is -0.115. The minimum atomic E-state index is 0.00348. The van der Waals surface area contributed by atoms with E-state index in [4.69, 9.17) is 0 Å². The van der Waals surface area contributed by atoms with Crippen LogP contribution in [-0.2, 0) is 17.8 Å². The van der Waals surface area contributed by atoms with Crippen molar-refractivity contribution in [3.8, 4) is 0 Å². The fourth-order valence-electron chi connectivity index (χ4n) is 3.60. The second kappa shape index (κ2) is 6.39. The number of para-hydroxylation sites is 1. The molecule has 0 bridgehead atoms. The molecule has 130 valence electrons. The Bertz CT molecular complexity index is 903. The van der Waals surface area contributed by atoms with E-state index in [2.05, 4.69) is 47.2 Å². The van der Waals surface area contributed by atoms with E-state index >= 15 is 0 Å². The Morgan fingerprint density at radius 2 is 2.12 bits per heavy atom. The maximum Gasteiger partial charge on any atom is 0.230 e. The predicted octanol–water partition coefficient (Wildman–Crippen LogP) is 4.01. The van der Waals surface area contributed by atoms with Gasteiger partial charge in [-0.3, -0.25) is 4.79 Å². The second-order valence-electron chi connectivity index (χ2n) is 6.92. The maximum absolute atomic E-state index is 12.6. The number of fused-ring (bicyclic) bond motifs is 1. The first-order valence-corrected chi connectivity index (χ1v) is 9.07. The van der Waals surface area contributed by atoms with Gasteiger partial charge in [0.25, 0.3) is 0 Å². The van der Waals surface area contributed by atoms with E-state index in [1.54, 1.807) is 6.20 Å². The summed E-state index contributed by atoms with van der Waals surface area (Å²) in [6.07, 6.45) is 6.73. The summed E-state index contributed by atoms with van der Waals surface area (Å²) in [5.74, 6) is 1.49.